The van der Waals surface area contributed by atoms with Crippen LogP contribution in [0.25, 0.3) is 0 Å². The van der Waals surface area contributed by atoms with Crippen molar-refractivity contribution in [2.24, 2.45) is 11.8 Å². The van der Waals surface area contributed by atoms with E-state index < -0.39 is 0 Å². The summed E-state index contributed by atoms with van der Waals surface area (Å²) in [6, 6.07) is 0.176. The van der Waals surface area contributed by atoms with Crippen molar-refractivity contribution < 1.29 is 9.53 Å². The normalized spacial score (nSPS) is 18.6. The number of carbonyl (C=O) groups is 1. The van der Waals surface area contributed by atoms with Crippen molar-refractivity contribution in [2.75, 3.05) is 13.2 Å². The molecule has 0 aliphatic carbocycles. The Hall–Kier alpha value is -0.610. The number of amides is 1. The molecule has 0 aromatic heterocycles. The molecule has 0 aromatic rings. The second kappa shape index (κ2) is 5.32. The summed E-state index contributed by atoms with van der Waals surface area (Å²) in [5.74, 6) is 6.19. The third kappa shape index (κ3) is 3.27. The maximum atomic E-state index is 11.6. The van der Waals surface area contributed by atoms with Crippen molar-refractivity contribution in [3.8, 4) is 0 Å². The zero-order chi connectivity index (χ0) is 10.6. The molecule has 0 unspecified atom stereocenters. The quantitative estimate of drug-likeness (QED) is 0.418. The lowest BCUT2D eigenvalue weighted by Gasteiger charge is -2.30. The molecule has 1 aliphatic heterocycles. The van der Waals surface area contributed by atoms with Gasteiger partial charge in [0, 0.05) is 19.6 Å². The number of hydrogen-bond acceptors (Lipinski definition) is 3. The molecule has 0 aromatic carbocycles. The van der Waals surface area contributed by atoms with Crippen LogP contribution >= 0.6 is 0 Å². The predicted molar refractivity (Wildman–Crippen MR) is 54.3 cm³/mol. The maximum absolute atomic E-state index is 11.6. The third-order valence-electron chi connectivity index (χ3n) is 2.46. The number of hydrazine groups is 1. The van der Waals surface area contributed by atoms with Gasteiger partial charge in [0.25, 0.3) is 0 Å². The molecule has 82 valence electrons. The minimum absolute atomic E-state index is 0.0481. The van der Waals surface area contributed by atoms with E-state index in [4.69, 9.17) is 10.6 Å². The first-order valence-electron chi connectivity index (χ1n) is 5.25. The van der Waals surface area contributed by atoms with E-state index in [1.165, 1.54) is 5.01 Å². The van der Waals surface area contributed by atoms with Gasteiger partial charge in [-0.2, -0.15) is 0 Å². The van der Waals surface area contributed by atoms with Crippen molar-refractivity contribution in [1.29, 1.82) is 0 Å². The molecule has 1 amide bonds. The minimum atomic E-state index is 0.0481. The minimum Gasteiger partial charge on any atom is -0.381 e. The molecule has 1 saturated heterocycles. The molecule has 4 heteroatoms. The maximum Gasteiger partial charge on any atom is 0.236 e. The van der Waals surface area contributed by atoms with Gasteiger partial charge in [-0.25, -0.2) is 5.84 Å². The standard InChI is InChI=1S/C10H20N2O2/c1-8(2)7-10(13)12(11)9-3-5-14-6-4-9/h8-9H,3-7,11H2,1-2H3. The fourth-order valence-corrected chi connectivity index (χ4v) is 1.62. The van der Waals surface area contributed by atoms with Gasteiger partial charge < -0.3 is 4.74 Å². The van der Waals surface area contributed by atoms with E-state index in [1.807, 2.05) is 13.8 Å². The first kappa shape index (κ1) is 11.5. The first-order chi connectivity index (χ1) is 6.61. The highest BCUT2D eigenvalue weighted by atomic mass is 16.5. The molecular formula is C10H20N2O2. The highest BCUT2D eigenvalue weighted by molar-refractivity contribution is 5.76. The molecule has 0 saturated carbocycles. The Balaban J connectivity index is 2.38. The zero-order valence-corrected chi connectivity index (χ0v) is 9.03. The molecule has 4 nitrogen and oxygen atoms in total. The monoisotopic (exact) mass is 200 g/mol. The number of rotatable bonds is 3. The van der Waals surface area contributed by atoms with E-state index in [9.17, 15) is 4.79 Å². The average Bonchev–Trinajstić information content (AvgIpc) is 2.17. The Morgan fingerprint density at radius 3 is 2.57 bits per heavy atom. The largest absolute Gasteiger partial charge is 0.381 e. The van der Waals surface area contributed by atoms with Gasteiger partial charge in [-0.3, -0.25) is 9.80 Å². The summed E-state index contributed by atoms with van der Waals surface area (Å²) in [5, 5.41) is 1.41. The Labute approximate surface area is 85.4 Å². The molecule has 1 rings (SSSR count). The summed E-state index contributed by atoms with van der Waals surface area (Å²) in [7, 11) is 0. The number of ether oxygens (including phenoxy) is 1. The highest BCUT2D eigenvalue weighted by Crippen LogP contribution is 2.13. The van der Waals surface area contributed by atoms with Crippen LogP contribution in [0.1, 0.15) is 33.1 Å². The van der Waals surface area contributed by atoms with Crippen LogP contribution in [0.15, 0.2) is 0 Å². The lowest BCUT2D eigenvalue weighted by Crippen LogP contribution is -2.48. The van der Waals surface area contributed by atoms with E-state index >= 15 is 0 Å². The summed E-state index contributed by atoms with van der Waals surface area (Å²) in [4.78, 5) is 11.6. The van der Waals surface area contributed by atoms with Crippen LogP contribution < -0.4 is 5.84 Å². The fraction of sp³-hybridized carbons (Fsp3) is 0.900. The van der Waals surface area contributed by atoms with Gasteiger partial charge in [-0.05, 0) is 18.8 Å². The molecule has 2 N–H and O–H groups in total. The van der Waals surface area contributed by atoms with Crippen LogP contribution in [0.4, 0.5) is 0 Å². The fourth-order valence-electron chi connectivity index (χ4n) is 1.62. The predicted octanol–water partition coefficient (Wildman–Crippen LogP) is 0.914. The first-order valence-corrected chi connectivity index (χ1v) is 5.25. The summed E-state index contributed by atoms with van der Waals surface area (Å²) >= 11 is 0. The summed E-state index contributed by atoms with van der Waals surface area (Å²) < 4.78 is 5.22. The number of nitrogens with two attached hydrogens (primary N) is 1. The molecule has 0 bridgehead atoms. The number of carbonyl (C=O) groups excluding carboxylic acids is 1. The van der Waals surface area contributed by atoms with Crippen LogP contribution in [0.3, 0.4) is 0 Å². The van der Waals surface area contributed by atoms with Crippen LogP contribution in [-0.4, -0.2) is 30.2 Å². The van der Waals surface area contributed by atoms with E-state index in [0.717, 1.165) is 12.8 Å². The van der Waals surface area contributed by atoms with Crippen LogP contribution in [0.5, 0.6) is 0 Å². The topological polar surface area (TPSA) is 55.6 Å². The van der Waals surface area contributed by atoms with E-state index in [1.54, 1.807) is 0 Å². The van der Waals surface area contributed by atoms with Crippen LogP contribution in [-0.2, 0) is 9.53 Å². The van der Waals surface area contributed by atoms with E-state index in [-0.39, 0.29) is 11.9 Å². The zero-order valence-electron chi connectivity index (χ0n) is 9.03. The van der Waals surface area contributed by atoms with Gasteiger partial charge in [-0.15, -0.1) is 0 Å². The second-order valence-electron chi connectivity index (χ2n) is 4.24. The summed E-state index contributed by atoms with van der Waals surface area (Å²) in [5.41, 5.74) is 0. The SMILES string of the molecule is CC(C)CC(=O)N(N)C1CCOCC1. The van der Waals surface area contributed by atoms with Crippen molar-refractivity contribution in [3.63, 3.8) is 0 Å². The van der Waals surface area contributed by atoms with Crippen LogP contribution in [0, 0.1) is 5.92 Å². The molecule has 1 aliphatic rings. The molecule has 0 radical (unpaired) electrons. The van der Waals surface area contributed by atoms with Crippen molar-refractivity contribution in [1.82, 2.24) is 5.01 Å². The van der Waals surface area contributed by atoms with Gasteiger partial charge in [0.2, 0.25) is 5.91 Å². The van der Waals surface area contributed by atoms with Crippen LogP contribution in [0.2, 0.25) is 0 Å². The van der Waals surface area contributed by atoms with Crippen molar-refractivity contribution >= 4 is 5.91 Å². The molecule has 1 fully saturated rings. The molecular weight excluding hydrogens is 180 g/mol. The van der Waals surface area contributed by atoms with Gasteiger partial charge in [0.05, 0.1) is 6.04 Å². The average molecular weight is 200 g/mol. The Bertz CT molecular complexity index is 189. The molecule has 14 heavy (non-hydrogen) atoms. The highest BCUT2D eigenvalue weighted by Gasteiger charge is 2.23. The second-order valence-corrected chi connectivity index (χ2v) is 4.24. The Morgan fingerprint density at radius 1 is 1.50 bits per heavy atom. The smallest absolute Gasteiger partial charge is 0.236 e. The van der Waals surface area contributed by atoms with Gasteiger partial charge in [-0.1, -0.05) is 13.8 Å². The number of nitrogens with zero attached hydrogens (tertiary/aromatic N) is 1. The van der Waals surface area contributed by atoms with Crippen molar-refractivity contribution in [2.45, 2.75) is 39.2 Å². The molecule has 0 spiro atoms. The van der Waals surface area contributed by atoms with Gasteiger partial charge >= 0.3 is 0 Å². The lowest BCUT2D eigenvalue weighted by molar-refractivity contribution is -0.136. The summed E-state index contributed by atoms with van der Waals surface area (Å²) in [6.45, 7) is 5.48. The number of hydrogen-bond donors (Lipinski definition) is 1. The molecule has 0 atom stereocenters. The lowest BCUT2D eigenvalue weighted by atomic mass is 10.1. The Morgan fingerprint density at radius 2 is 2.07 bits per heavy atom. The van der Waals surface area contributed by atoms with E-state index in [2.05, 4.69) is 0 Å². The van der Waals surface area contributed by atoms with Gasteiger partial charge in [0.1, 0.15) is 0 Å². The van der Waals surface area contributed by atoms with E-state index in [0.29, 0.717) is 25.6 Å². The third-order valence-corrected chi connectivity index (χ3v) is 2.46. The Kier molecular flexibility index (Phi) is 4.35. The van der Waals surface area contributed by atoms with Crippen molar-refractivity contribution in [3.05, 3.63) is 0 Å². The van der Waals surface area contributed by atoms with Gasteiger partial charge in [0.15, 0.2) is 0 Å². The summed E-state index contributed by atoms with van der Waals surface area (Å²) in [6.07, 6.45) is 2.26. The molecule has 1 heterocycles.